The van der Waals surface area contributed by atoms with Crippen LogP contribution in [0.15, 0.2) is 4.99 Å². The molecule has 1 heterocycles. The lowest BCUT2D eigenvalue weighted by molar-refractivity contribution is -0.145. The molecular formula is C18H33N7O6S. The van der Waals surface area contributed by atoms with Gasteiger partial charge in [0.1, 0.15) is 12.1 Å². The molecule has 1 aliphatic heterocycles. The molecule has 1 saturated heterocycles. The summed E-state index contributed by atoms with van der Waals surface area (Å²) in [7, 11) is 0. The number of carboxylic acids is 1. The van der Waals surface area contributed by atoms with Crippen molar-refractivity contribution in [3.8, 4) is 0 Å². The molecule has 0 aliphatic carbocycles. The predicted molar refractivity (Wildman–Crippen MR) is 120 cm³/mol. The summed E-state index contributed by atoms with van der Waals surface area (Å²) in [6.07, 6.45) is 0.462. The van der Waals surface area contributed by atoms with Gasteiger partial charge in [0, 0.05) is 18.8 Å². The predicted octanol–water partition coefficient (Wildman–Crippen LogP) is -3.28. The lowest BCUT2D eigenvalue weighted by atomic mass is 10.1. The van der Waals surface area contributed by atoms with Crippen LogP contribution in [-0.4, -0.2) is 93.9 Å². The van der Waals surface area contributed by atoms with Crippen molar-refractivity contribution >= 4 is 42.3 Å². The van der Waals surface area contributed by atoms with E-state index in [9.17, 15) is 24.3 Å². The fourth-order valence-electron chi connectivity index (χ4n) is 3.26. The zero-order valence-corrected chi connectivity index (χ0v) is 18.8. The van der Waals surface area contributed by atoms with Crippen LogP contribution in [0.2, 0.25) is 0 Å². The Morgan fingerprint density at radius 2 is 1.91 bits per heavy atom. The first-order valence-electron chi connectivity index (χ1n) is 10.2. The van der Waals surface area contributed by atoms with Crippen molar-refractivity contribution in [3.05, 3.63) is 0 Å². The van der Waals surface area contributed by atoms with E-state index in [1.54, 1.807) is 0 Å². The number of aliphatic carboxylic acids is 1. The van der Waals surface area contributed by atoms with Gasteiger partial charge in [-0.05, 0) is 32.6 Å². The summed E-state index contributed by atoms with van der Waals surface area (Å²) < 4.78 is 0. The Morgan fingerprint density at radius 3 is 2.44 bits per heavy atom. The number of hydrogen-bond acceptors (Lipinski definition) is 8. The Morgan fingerprint density at radius 1 is 1.25 bits per heavy atom. The van der Waals surface area contributed by atoms with E-state index in [2.05, 4.69) is 28.3 Å². The monoisotopic (exact) mass is 475 g/mol. The second-order valence-corrected chi connectivity index (χ2v) is 7.92. The van der Waals surface area contributed by atoms with Gasteiger partial charge in [-0.3, -0.25) is 19.4 Å². The fraction of sp³-hybridized carbons (Fsp3) is 0.722. The number of rotatable bonds is 12. The van der Waals surface area contributed by atoms with E-state index < -0.39 is 48.1 Å². The van der Waals surface area contributed by atoms with E-state index in [0.717, 1.165) is 0 Å². The van der Waals surface area contributed by atoms with Crippen molar-refractivity contribution in [2.75, 3.05) is 18.8 Å². The van der Waals surface area contributed by atoms with Gasteiger partial charge in [-0.2, -0.15) is 12.6 Å². The molecule has 32 heavy (non-hydrogen) atoms. The first-order valence-corrected chi connectivity index (χ1v) is 10.9. The van der Waals surface area contributed by atoms with E-state index in [-0.39, 0.29) is 17.6 Å². The molecule has 10 N–H and O–H groups in total. The zero-order chi connectivity index (χ0) is 24.4. The lowest BCUT2D eigenvalue weighted by Crippen LogP contribution is -2.58. The summed E-state index contributed by atoms with van der Waals surface area (Å²) in [6.45, 7) is 1.89. The third kappa shape index (κ3) is 8.16. The molecule has 14 heteroatoms. The molecule has 0 aromatic carbocycles. The van der Waals surface area contributed by atoms with Gasteiger partial charge in [0.05, 0.1) is 12.1 Å². The minimum Gasteiger partial charge on any atom is -0.480 e. The van der Waals surface area contributed by atoms with Crippen molar-refractivity contribution in [1.82, 2.24) is 15.5 Å². The number of hydrogen-bond donors (Lipinski definition) is 8. The maximum absolute atomic E-state index is 12.8. The summed E-state index contributed by atoms with van der Waals surface area (Å²) in [5.41, 5.74) is 16.5. The molecule has 5 atom stereocenters. The maximum atomic E-state index is 12.8. The van der Waals surface area contributed by atoms with Gasteiger partial charge in [-0.25, -0.2) is 4.79 Å². The molecule has 1 aliphatic rings. The number of amides is 3. The number of nitrogens with two attached hydrogens (primary N) is 3. The molecule has 0 aromatic heterocycles. The van der Waals surface area contributed by atoms with E-state index in [4.69, 9.17) is 22.3 Å². The molecule has 0 bridgehead atoms. The number of aliphatic imine (C=N–C) groups is 1. The van der Waals surface area contributed by atoms with Crippen molar-refractivity contribution in [2.45, 2.75) is 62.9 Å². The third-order valence-electron chi connectivity index (χ3n) is 4.99. The summed E-state index contributed by atoms with van der Waals surface area (Å²) in [5, 5.41) is 23.3. The second-order valence-electron chi connectivity index (χ2n) is 7.55. The van der Waals surface area contributed by atoms with Crippen LogP contribution in [0, 0.1) is 0 Å². The quantitative estimate of drug-likeness (QED) is 0.0612. The minimum absolute atomic E-state index is 0.0490. The topological polar surface area (TPSA) is 226 Å². The second kappa shape index (κ2) is 13.1. The molecule has 0 aromatic rings. The number of aliphatic hydroxyl groups excluding tert-OH is 1. The van der Waals surface area contributed by atoms with Gasteiger partial charge in [0.15, 0.2) is 12.0 Å². The highest BCUT2D eigenvalue weighted by Crippen LogP contribution is 2.19. The molecule has 1 rings (SSSR count). The van der Waals surface area contributed by atoms with Gasteiger partial charge in [-0.1, -0.05) is 0 Å². The highest BCUT2D eigenvalue weighted by Gasteiger charge is 2.37. The molecule has 3 amide bonds. The van der Waals surface area contributed by atoms with Crippen LogP contribution in [0.25, 0.3) is 0 Å². The SMILES string of the molecule is CC(O)C(NC(=O)C(CS)NC(=O)C1CCCN1C(=O)C(N)CCCN=C(N)N)C(=O)O. The Labute approximate surface area is 191 Å². The first-order chi connectivity index (χ1) is 15.0. The minimum atomic E-state index is -1.54. The Bertz CT molecular complexity index is 716. The smallest absolute Gasteiger partial charge is 0.328 e. The molecular weight excluding hydrogens is 442 g/mol. The number of likely N-dealkylation sites (tertiary alicyclic amines) is 1. The standard InChI is InChI=1S/C18H33N7O6S/c1-9(26)13(17(30)31)24-14(27)11(8-32)23-15(28)12-5-3-7-25(12)16(29)10(19)4-2-6-22-18(20)21/h9-13,26,32H,2-8,19H2,1H3,(H,23,28)(H,24,27)(H,30,31)(H4,20,21,22). The van der Waals surface area contributed by atoms with E-state index in [0.29, 0.717) is 38.8 Å². The third-order valence-corrected chi connectivity index (χ3v) is 5.35. The molecule has 0 spiro atoms. The fourth-order valence-corrected chi connectivity index (χ4v) is 3.52. The molecule has 0 saturated carbocycles. The number of carbonyl (C=O) groups excluding carboxylic acids is 3. The van der Waals surface area contributed by atoms with Crippen molar-refractivity contribution in [1.29, 1.82) is 0 Å². The van der Waals surface area contributed by atoms with Gasteiger partial charge in [0.2, 0.25) is 17.7 Å². The summed E-state index contributed by atoms with van der Waals surface area (Å²) in [4.78, 5) is 54.3. The van der Waals surface area contributed by atoms with Crippen LogP contribution in [0.4, 0.5) is 0 Å². The molecule has 1 fully saturated rings. The average Bonchev–Trinajstić information content (AvgIpc) is 3.21. The van der Waals surface area contributed by atoms with Crippen molar-refractivity contribution in [2.24, 2.45) is 22.2 Å². The first kappa shape index (κ1) is 27.5. The molecule has 0 radical (unpaired) electrons. The number of aliphatic hydroxyl groups is 1. The maximum Gasteiger partial charge on any atom is 0.328 e. The summed E-state index contributed by atoms with van der Waals surface area (Å²) >= 11 is 4.04. The molecule has 5 unspecified atom stereocenters. The molecule has 182 valence electrons. The Hall–Kier alpha value is -2.58. The van der Waals surface area contributed by atoms with Crippen LogP contribution < -0.4 is 27.8 Å². The number of carbonyl (C=O) groups is 4. The van der Waals surface area contributed by atoms with Crippen molar-refractivity contribution in [3.63, 3.8) is 0 Å². The normalized spacial score (nSPS) is 19.4. The van der Waals surface area contributed by atoms with Gasteiger partial charge in [0.25, 0.3) is 0 Å². The number of nitrogens with one attached hydrogen (secondary N) is 2. The number of carboxylic acid groups (broad SMARTS) is 1. The van der Waals surface area contributed by atoms with Gasteiger partial charge in [-0.15, -0.1) is 0 Å². The van der Waals surface area contributed by atoms with E-state index >= 15 is 0 Å². The Balaban J connectivity index is 2.72. The summed E-state index contributed by atoms with van der Waals surface area (Å²) in [5.74, 6) is -3.35. The number of guanidine groups is 1. The van der Waals surface area contributed by atoms with Crippen molar-refractivity contribution < 1.29 is 29.4 Å². The molecule has 13 nitrogen and oxygen atoms in total. The highest BCUT2D eigenvalue weighted by molar-refractivity contribution is 7.80. The zero-order valence-electron chi connectivity index (χ0n) is 17.9. The van der Waals surface area contributed by atoms with E-state index in [1.807, 2.05) is 0 Å². The highest BCUT2D eigenvalue weighted by atomic mass is 32.1. The van der Waals surface area contributed by atoms with Crippen LogP contribution in [-0.2, 0) is 19.2 Å². The van der Waals surface area contributed by atoms with Crippen LogP contribution >= 0.6 is 12.6 Å². The summed E-state index contributed by atoms with van der Waals surface area (Å²) in [6, 6.07) is -4.34. The van der Waals surface area contributed by atoms with Gasteiger partial charge >= 0.3 is 5.97 Å². The Kier molecular flexibility index (Phi) is 11.2. The van der Waals surface area contributed by atoms with Crippen LogP contribution in [0.1, 0.15) is 32.6 Å². The number of thiol groups is 1. The van der Waals surface area contributed by atoms with E-state index in [1.165, 1.54) is 11.8 Å². The van der Waals surface area contributed by atoms with Crippen LogP contribution in [0.5, 0.6) is 0 Å². The largest absolute Gasteiger partial charge is 0.480 e. The lowest BCUT2D eigenvalue weighted by Gasteiger charge is -2.28. The number of nitrogens with zero attached hydrogens (tertiary/aromatic N) is 2. The van der Waals surface area contributed by atoms with Gasteiger partial charge < -0.3 is 42.9 Å². The van der Waals surface area contributed by atoms with Crippen LogP contribution in [0.3, 0.4) is 0 Å². The average molecular weight is 476 g/mol.